The van der Waals surface area contributed by atoms with Gasteiger partial charge in [0.05, 0.1) is 0 Å². The molecule has 14 heavy (non-hydrogen) atoms. The lowest BCUT2D eigenvalue weighted by molar-refractivity contribution is -0.189. The summed E-state index contributed by atoms with van der Waals surface area (Å²) in [5.74, 6) is -4.01. The Morgan fingerprint density at radius 1 is 1.57 bits per heavy atom. The van der Waals surface area contributed by atoms with Crippen LogP contribution in [0.1, 0.15) is 6.42 Å². The molecule has 1 unspecified atom stereocenters. The summed E-state index contributed by atoms with van der Waals surface area (Å²) in [5.41, 5.74) is 0. The molecule has 7 heteroatoms. The van der Waals surface area contributed by atoms with Crippen LogP contribution >= 0.6 is 0 Å². The van der Waals surface area contributed by atoms with Crippen LogP contribution in [-0.2, 0) is 19.4 Å². The van der Waals surface area contributed by atoms with E-state index >= 15 is 0 Å². The molecule has 0 aliphatic carbocycles. The predicted molar refractivity (Wildman–Crippen MR) is 41.8 cm³/mol. The fraction of sp³-hybridized carbons (Fsp3) is 0.571. The van der Waals surface area contributed by atoms with Crippen LogP contribution in [0, 0.1) is 5.92 Å². The van der Waals surface area contributed by atoms with E-state index in [1.165, 1.54) is 7.11 Å². The summed E-state index contributed by atoms with van der Waals surface area (Å²) in [5, 5.41) is 3.22. The number of carbonyl (C=O) groups excluding carboxylic acids is 2. The highest BCUT2D eigenvalue weighted by Crippen LogP contribution is 2.07. The molecule has 0 aromatic carbocycles. The van der Waals surface area contributed by atoms with Crippen LogP contribution in [0.25, 0.3) is 0 Å². The summed E-state index contributed by atoms with van der Waals surface area (Å²) >= 11 is 0. The van der Waals surface area contributed by atoms with Gasteiger partial charge in [0, 0.05) is 17.2 Å². The Labute approximate surface area is 78.6 Å². The highest BCUT2D eigenvalue weighted by atomic mass is 19.3. The summed E-state index contributed by atoms with van der Waals surface area (Å²) in [6.45, 7) is -1.36. The molecule has 80 valence electrons. The van der Waals surface area contributed by atoms with Crippen molar-refractivity contribution in [2.45, 2.75) is 6.42 Å². The number of ketones is 1. The third-order valence-corrected chi connectivity index (χ3v) is 1.40. The first-order chi connectivity index (χ1) is 6.67. The summed E-state index contributed by atoms with van der Waals surface area (Å²) < 4.78 is 23.3. The van der Waals surface area contributed by atoms with E-state index in [0.29, 0.717) is 0 Å². The van der Waals surface area contributed by atoms with Gasteiger partial charge in [-0.25, -0.2) is 9.18 Å². The van der Waals surface area contributed by atoms with Gasteiger partial charge in [-0.3, -0.25) is 9.74 Å². The van der Waals surface area contributed by atoms with Gasteiger partial charge in [-0.05, 0) is 0 Å². The van der Waals surface area contributed by atoms with Crippen LogP contribution in [0.4, 0.5) is 8.92 Å². The van der Waals surface area contributed by atoms with Gasteiger partial charge >= 0.3 is 5.97 Å². The highest BCUT2D eigenvalue weighted by molar-refractivity contribution is 6.01. The Hall–Kier alpha value is -1.53. The number of nitrogens with zero attached hydrogens (tertiary/aromatic N) is 1. The molecule has 0 fully saturated rings. The van der Waals surface area contributed by atoms with E-state index in [0.717, 1.165) is 6.21 Å². The molecule has 0 aromatic heterocycles. The molecule has 0 aliphatic rings. The van der Waals surface area contributed by atoms with E-state index in [2.05, 4.69) is 14.9 Å². The topological polar surface area (TPSA) is 65.0 Å². The Balaban J connectivity index is 4.32. The Kier molecular flexibility index (Phi) is 6.17. The number of alkyl halides is 1. The lowest BCUT2D eigenvalue weighted by Gasteiger charge is -2.05. The summed E-state index contributed by atoms with van der Waals surface area (Å²) in [6, 6.07) is 0. The average molecular weight is 209 g/mol. The number of Topliss-reactive ketones (excluding diaryl/α,β-unsaturated/α-hetero) is 1. The van der Waals surface area contributed by atoms with Gasteiger partial charge in [-0.2, -0.15) is 0 Å². The summed E-state index contributed by atoms with van der Waals surface area (Å²) in [6.07, 6.45) is 0.786. The van der Waals surface area contributed by atoms with E-state index in [9.17, 15) is 18.5 Å². The van der Waals surface area contributed by atoms with Gasteiger partial charge < -0.3 is 4.84 Å². The first-order valence-corrected chi connectivity index (χ1v) is 3.63. The maximum absolute atomic E-state index is 11.9. The Morgan fingerprint density at radius 2 is 2.21 bits per heavy atom. The number of carbonyl (C=O) groups is 2. The molecule has 0 saturated heterocycles. The van der Waals surface area contributed by atoms with E-state index in [-0.39, 0.29) is 6.42 Å². The van der Waals surface area contributed by atoms with Crippen molar-refractivity contribution in [2.75, 3.05) is 13.8 Å². The molecule has 0 bridgehead atoms. The second-order valence-corrected chi connectivity index (χ2v) is 2.25. The standard InChI is InChI=1S/C7H9F2NO4/c1-13-10-3-2-5(6(11)4-8)7(12)14-9/h3,5H,2,4H2,1H3. The van der Waals surface area contributed by atoms with Crippen LogP contribution in [0.5, 0.6) is 0 Å². The third kappa shape index (κ3) is 3.92. The molecule has 0 aromatic rings. The highest BCUT2D eigenvalue weighted by Gasteiger charge is 2.27. The summed E-state index contributed by atoms with van der Waals surface area (Å²) in [4.78, 5) is 28.5. The number of hydrogen-bond acceptors (Lipinski definition) is 5. The molecule has 1 atom stereocenters. The smallest absolute Gasteiger partial charge is 0.359 e. The number of rotatable bonds is 6. The van der Waals surface area contributed by atoms with Crippen LogP contribution in [0.3, 0.4) is 0 Å². The molecular formula is C7H9F2NO4. The number of halogens is 2. The number of oxime groups is 1. The lowest BCUT2D eigenvalue weighted by Crippen LogP contribution is -2.26. The van der Waals surface area contributed by atoms with Crippen molar-refractivity contribution in [2.24, 2.45) is 11.1 Å². The fourth-order valence-corrected chi connectivity index (χ4v) is 0.729. The van der Waals surface area contributed by atoms with Crippen molar-refractivity contribution < 1.29 is 28.3 Å². The van der Waals surface area contributed by atoms with Gasteiger partial charge in [-0.15, -0.1) is 0 Å². The minimum Gasteiger partial charge on any atom is -0.399 e. The van der Waals surface area contributed by atoms with Gasteiger partial charge in [0.25, 0.3) is 0 Å². The van der Waals surface area contributed by atoms with Crippen molar-refractivity contribution in [3.05, 3.63) is 0 Å². The van der Waals surface area contributed by atoms with Gasteiger partial charge in [0.1, 0.15) is 19.7 Å². The van der Waals surface area contributed by atoms with E-state index in [1.54, 1.807) is 0 Å². The molecule has 0 rings (SSSR count). The quantitative estimate of drug-likeness (QED) is 0.365. The average Bonchev–Trinajstić information content (AvgIpc) is 2.22. The van der Waals surface area contributed by atoms with Crippen LogP contribution < -0.4 is 0 Å². The van der Waals surface area contributed by atoms with E-state index in [1.807, 2.05) is 0 Å². The first kappa shape index (κ1) is 12.5. The zero-order chi connectivity index (χ0) is 11.0. The molecule has 5 nitrogen and oxygen atoms in total. The normalized spacial score (nSPS) is 12.5. The Morgan fingerprint density at radius 3 is 2.64 bits per heavy atom. The monoisotopic (exact) mass is 209 g/mol. The molecular weight excluding hydrogens is 200 g/mol. The molecule has 0 amide bonds. The van der Waals surface area contributed by atoms with E-state index < -0.39 is 24.3 Å². The zero-order valence-corrected chi connectivity index (χ0v) is 7.41. The SMILES string of the molecule is CON=CCC(C(=O)CF)C(=O)OF. The molecule has 0 aliphatic heterocycles. The van der Waals surface area contributed by atoms with Crippen LogP contribution in [0.15, 0.2) is 5.16 Å². The van der Waals surface area contributed by atoms with E-state index in [4.69, 9.17) is 0 Å². The largest absolute Gasteiger partial charge is 0.399 e. The first-order valence-electron chi connectivity index (χ1n) is 3.63. The minimum absolute atomic E-state index is 0.265. The van der Waals surface area contributed by atoms with Crippen LogP contribution in [0.2, 0.25) is 0 Å². The minimum atomic E-state index is -1.51. The predicted octanol–water partition coefficient (Wildman–Crippen LogP) is 0.591. The molecule has 0 spiro atoms. The second kappa shape index (κ2) is 6.93. The van der Waals surface area contributed by atoms with Crippen molar-refractivity contribution in [3.8, 4) is 0 Å². The van der Waals surface area contributed by atoms with Crippen molar-refractivity contribution in [1.82, 2.24) is 0 Å². The lowest BCUT2D eigenvalue weighted by atomic mass is 10.0. The number of hydrogen-bond donors (Lipinski definition) is 0. The fourth-order valence-electron chi connectivity index (χ4n) is 0.729. The maximum atomic E-state index is 11.9. The van der Waals surface area contributed by atoms with Gasteiger partial charge in [-0.1, -0.05) is 5.16 Å². The molecule has 0 N–H and O–H groups in total. The summed E-state index contributed by atoms with van der Waals surface area (Å²) in [7, 11) is 1.25. The van der Waals surface area contributed by atoms with Gasteiger partial charge in [0.15, 0.2) is 5.78 Å². The van der Waals surface area contributed by atoms with Gasteiger partial charge in [0.2, 0.25) is 0 Å². The Bertz CT molecular complexity index is 216. The maximum Gasteiger partial charge on any atom is 0.359 e. The van der Waals surface area contributed by atoms with Crippen LogP contribution in [-0.4, -0.2) is 31.8 Å². The van der Waals surface area contributed by atoms with Crippen molar-refractivity contribution >= 4 is 18.0 Å². The van der Waals surface area contributed by atoms with Crippen molar-refractivity contribution in [3.63, 3.8) is 0 Å². The zero-order valence-electron chi connectivity index (χ0n) is 7.41. The molecule has 0 heterocycles. The second-order valence-electron chi connectivity index (χ2n) is 2.25. The van der Waals surface area contributed by atoms with Crippen molar-refractivity contribution in [1.29, 1.82) is 0 Å². The molecule has 0 saturated carbocycles. The molecule has 0 radical (unpaired) electrons. The third-order valence-electron chi connectivity index (χ3n) is 1.40.